The predicted molar refractivity (Wildman–Crippen MR) is 181 cm³/mol. The molecule has 0 saturated heterocycles. The van der Waals surface area contributed by atoms with E-state index in [1.54, 1.807) is 42.5 Å². The van der Waals surface area contributed by atoms with Gasteiger partial charge in [-0.2, -0.15) is 0 Å². The molecule has 45 heavy (non-hydrogen) atoms. The first-order valence-corrected chi connectivity index (χ1v) is 17.1. The fourth-order valence-electron chi connectivity index (χ4n) is 4.76. The molecule has 0 aliphatic carbocycles. The highest BCUT2D eigenvalue weighted by Crippen LogP contribution is 2.33. The minimum absolute atomic E-state index is 0.0220. The van der Waals surface area contributed by atoms with Crippen LogP contribution in [0.3, 0.4) is 0 Å². The van der Waals surface area contributed by atoms with Crippen molar-refractivity contribution in [2.24, 2.45) is 0 Å². The average Bonchev–Trinajstić information content (AvgIpc) is 3.03. The van der Waals surface area contributed by atoms with Gasteiger partial charge in [0, 0.05) is 29.6 Å². The van der Waals surface area contributed by atoms with Gasteiger partial charge < -0.3 is 10.2 Å². The van der Waals surface area contributed by atoms with Gasteiger partial charge in [-0.1, -0.05) is 109 Å². The Morgan fingerprint density at radius 2 is 1.42 bits per heavy atom. The molecule has 4 aromatic rings. The van der Waals surface area contributed by atoms with Crippen LogP contribution in [0.25, 0.3) is 0 Å². The third kappa shape index (κ3) is 9.23. The Balaban J connectivity index is 1.80. The molecule has 236 valence electrons. The van der Waals surface area contributed by atoms with Crippen LogP contribution in [-0.4, -0.2) is 44.3 Å². The number of hydrogen-bond acceptors (Lipinski definition) is 4. The highest BCUT2D eigenvalue weighted by molar-refractivity contribution is 7.92. The van der Waals surface area contributed by atoms with E-state index in [4.69, 9.17) is 34.8 Å². The predicted octanol–water partition coefficient (Wildman–Crippen LogP) is 7.40. The van der Waals surface area contributed by atoms with Gasteiger partial charge in [0.2, 0.25) is 11.8 Å². The van der Waals surface area contributed by atoms with Crippen molar-refractivity contribution in [2.75, 3.05) is 17.4 Å². The van der Waals surface area contributed by atoms with Crippen LogP contribution in [0.5, 0.6) is 0 Å². The first kappa shape index (κ1) is 34.3. The molecule has 7 nitrogen and oxygen atoms in total. The Labute approximate surface area is 279 Å². The molecule has 0 saturated carbocycles. The van der Waals surface area contributed by atoms with Crippen molar-refractivity contribution in [1.82, 2.24) is 10.2 Å². The molecular weight excluding hydrogens is 653 g/mol. The number of nitrogens with one attached hydrogen (secondary N) is 1. The second kappa shape index (κ2) is 16.1. The van der Waals surface area contributed by atoms with Crippen molar-refractivity contribution in [1.29, 1.82) is 0 Å². The van der Waals surface area contributed by atoms with E-state index in [1.165, 1.54) is 35.2 Å². The van der Waals surface area contributed by atoms with Crippen LogP contribution in [0, 0.1) is 0 Å². The smallest absolute Gasteiger partial charge is 0.264 e. The number of hydrogen-bond donors (Lipinski definition) is 1. The van der Waals surface area contributed by atoms with Gasteiger partial charge in [0.15, 0.2) is 0 Å². The summed E-state index contributed by atoms with van der Waals surface area (Å²) in [6.45, 7) is 1.87. The summed E-state index contributed by atoms with van der Waals surface area (Å²) in [6, 6.07) is 27.5. The van der Waals surface area contributed by atoms with Gasteiger partial charge in [0.1, 0.15) is 12.6 Å². The normalized spacial score (nSPS) is 11.9. The number of carbonyl (C=O) groups is 2. The number of rotatable bonds is 14. The van der Waals surface area contributed by atoms with E-state index < -0.39 is 28.5 Å². The maximum atomic E-state index is 14.5. The van der Waals surface area contributed by atoms with Gasteiger partial charge in [-0.05, 0) is 60.0 Å². The second-order valence-electron chi connectivity index (χ2n) is 10.4. The summed E-state index contributed by atoms with van der Waals surface area (Å²) in [7, 11) is -4.28. The molecule has 1 atom stereocenters. The SMILES string of the molecule is CCCCNC(=O)[C@@H](Cc1ccccc1)N(Cc1ccc(Cl)cc1)C(=O)CN(c1ccc(Cl)cc1Cl)S(=O)(=O)c1ccccc1. The van der Waals surface area contributed by atoms with Gasteiger partial charge in [0.25, 0.3) is 10.0 Å². The lowest BCUT2D eigenvalue weighted by Gasteiger charge is -2.34. The van der Waals surface area contributed by atoms with Gasteiger partial charge in [-0.15, -0.1) is 0 Å². The van der Waals surface area contributed by atoms with Crippen LogP contribution in [0.1, 0.15) is 30.9 Å². The van der Waals surface area contributed by atoms with Crippen molar-refractivity contribution in [3.63, 3.8) is 0 Å². The lowest BCUT2D eigenvalue weighted by Crippen LogP contribution is -2.53. The van der Waals surface area contributed by atoms with Crippen LogP contribution in [0.4, 0.5) is 5.69 Å². The standard InChI is InChI=1S/C34H34Cl3N3O4S/c1-2-3-20-38-34(42)32(21-25-10-6-4-7-11-25)39(23-26-14-16-27(35)17-15-26)33(41)24-40(31-19-18-28(36)22-30(31)37)45(43,44)29-12-8-5-9-13-29/h4-19,22,32H,2-3,20-21,23-24H2,1H3,(H,38,42)/t32-/m1/s1. The molecule has 0 fully saturated rings. The van der Waals surface area contributed by atoms with Crippen LogP contribution in [-0.2, 0) is 32.6 Å². The zero-order chi connectivity index (χ0) is 32.4. The minimum atomic E-state index is -4.28. The highest BCUT2D eigenvalue weighted by atomic mass is 35.5. The minimum Gasteiger partial charge on any atom is -0.354 e. The summed E-state index contributed by atoms with van der Waals surface area (Å²) in [5, 5.41) is 3.85. The van der Waals surface area contributed by atoms with Crippen LogP contribution < -0.4 is 9.62 Å². The topological polar surface area (TPSA) is 86.8 Å². The largest absolute Gasteiger partial charge is 0.354 e. The number of amides is 2. The molecule has 0 aromatic heterocycles. The Bertz CT molecular complexity index is 1690. The molecule has 0 radical (unpaired) electrons. The van der Waals surface area contributed by atoms with Crippen molar-refractivity contribution in [3.8, 4) is 0 Å². The van der Waals surface area contributed by atoms with Crippen molar-refractivity contribution in [2.45, 2.75) is 43.7 Å². The monoisotopic (exact) mass is 685 g/mol. The van der Waals surface area contributed by atoms with E-state index in [1.807, 2.05) is 37.3 Å². The average molecular weight is 687 g/mol. The van der Waals surface area contributed by atoms with Gasteiger partial charge >= 0.3 is 0 Å². The third-order valence-corrected chi connectivity index (χ3v) is 9.72. The number of nitrogens with zero attached hydrogens (tertiary/aromatic N) is 2. The number of unbranched alkanes of at least 4 members (excludes halogenated alkanes) is 1. The fourth-order valence-corrected chi connectivity index (χ4v) is 6.90. The maximum Gasteiger partial charge on any atom is 0.264 e. The fraction of sp³-hybridized carbons (Fsp3) is 0.235. The second-order valence-corrected chi connectivity index (χ2v) is 13.6. The summed E-state index contributed by atoms with van der Waals surface area (Å²) in [5.74, 6) is -0.932. The number of sulfonamides is 1. The lowest BCUT2D eigenvalue weighted by molar-refractivity contribution is -0.140. The Morgan fingerprint density at radius 3 is 2.04 bits per heavy atom. The van der Waals surface area contributed by atoms with E-state index >= 15 is 0 Å². The van der Waals surface area contributed by atoms with Gasteiger partial charge in [-0.3, -0.25) is 13.9 Å². The van der Waals surface area contributed by atoms with E-state index in [9.17, 15) is 18.0 Å². The number of benzene rings is 4. The Kier molecular flexibility index (Phi) is 12.3. The first-order chi connectivity index (χ1) is 21.6. The summed E-state index contributed by atoms with van der Waals surface area (Å²) < 4.78 is 29.1. The first-order valence-electron chi connectivity index (χ1n) is 14.5. The molecule has 0 bridgehead atoms. The molecule has 2 amide bonds. The van der Waals surface area contributed by atoms with E-state index in [0.29, 0.717) is 22.2 Å². The maximum absolute atomic E-state index is 14.5. The Hall–Kier alpha value is -3.56. The molecule has 4 rings (SSSR count). The molecule has 0 unspecified atom stereocenters. The van der Waals surface area contributed by atoms with Crippen LogP contribution in [0.2, 0.25) is 15.1 Å². The molecule has 4 aromatic carbocycles. The number of halogens is 3. The molecule has 1 N–H and O–H groups in total. The quantitative estimate of drug-likeness (QED) is 0.140. The van der Waals surface area contributed by atoms with E-state index in [2.05, 4.69) is 5.32 Å². The van der Waals surface area contributed by atoms with Crippen LogP contribution >= 0.6 is 34.8 Å². The zero-order valence-corrected chi connectivity index (χ0v) is 27.8. The van der Waals surface area contributed by atoms with Crippen molar-refractivity contribution < 1.29 is 18.0 Å². The van der Waals surface area contributed by atoms with E-state index in [-0.39, 0.29) is 34.5 Å². The van der Waals surface area contributed by atoms with Crippen molar-refractivity contribution in [3.05, 3.63) is 129 Å². The molecular formula is C34H34Cl3N3O4S. The van der Waals surface area contributed by atoms with Crippen molar-refractivity contribution >= 4 is 62.3 Å². The van der Waals surface area contributed by atoms with Crippen LogP contribution in [0.15, 0.2) is 108 Å². The molecule has 0 aliphatic heterocycles. The summed E-state index contributed by atoms with van der Waals surface area (Å²) >= 11 is 18.8. The number of anilines is 1. The molecule has 0 spiro atoms. The van der Waals surface area contributed by atoms with E-state index in [0.717, 1.165) is 22.7 Å². The van der Waals surface area contributed by atoms with Gasteiger partial charge in [0.05, 0.1) is 15.6 Å². The molecule has 0 aliphatic rings. The lowest BCUT2D eigenvalue weighted by atomic mass is 10.0. The molecule has 11 heteroatoms. The zero-order valence-electron chi connectivity index (χ0n) is 24.7. The van der Waals surface area contributed by atoms with Gasteiger partial charge in [-0.25, -0.2) is 8.42 Å². The third-order valence-electron chi connectivity index (χ3n) is 7.16. The highest BCUT2D eigenvalue weighted by Gasteiger charge is 2.35. The number of carbonyl (C=O) groups excluding carboxylic acids is 2. The summed E-state index contributed by atoms with van der Waals surface area (Å²) in [4.78, 5) is 29.7. The summed E-state index contributed by atoms with van der Waals surface area (Å²) in [5.41, 5.74) is 1.64. The summed E-state index contributed by atoms with van der Waals surface area (Å²) in [6.07, 6.45) is 1.86. The Morgan fingerprint density at radius 1 is 0.800 bits per heavy atom. The molecule has 0 heterocycles.